The van der Waals surface area contributed by atoms with Crippen molar-refractivity contribution in [3.8, 4) is 0 Å². The molecule has 2 aromatic carbocycles. The third-order valence-electron chi connectivity index (χ3n) is 3.72. The quantitative estimate of drug-likeness (QED) is 0.726. The number of aliphatic hydroxyl groups is 1. The van der Waals surface area contributed by atoms with Crippen LogP contribution in [0.25, 0.3) is 0 Å². The summed E-state index contributed by atoms with van der Waals surface area (Å²) in [6, 6.07) is 16.4. The van der Waals surface area contributed by atoms with Crippen molar-refractivity contribution in [1.82, 2.24) is 10.6 Å². The van der Waals surface area contributed by atoms with Crippen molar-refractivity contribution >= 4 is 11.8 Å². The number of carbonyl (C=O) groups excluding carboxylic acids is 2. The highest BCUT2D eigenvalue weighted by Crippen LogP contribution is 2.15. The van der Waals surface area contributed by atoms with Gasteiger partial charge in [-0.15, -0.1) is 0 Å². The molecule has 0 saturated carbocycles. The van der Waals surface area contributed by atoms with Crippen LogP contribution in [0.5, 0.6) is 0 Å². The number of amides is 2. The van der Waals surface area contributed by atoms with Gasteiger partial charge in [-0.25, -0.2) is 0 Å². The van der Waals surface area contributed by atoms with Crippen molar-refractivity contribution < 1.29 is 14.7 Å². The predicted molar refractivity (Wildman–Crippen MR) is 92.6 cm³/mol. The smallest absolute Gasteiger partial charge is 0.251 e. The zero-order valence-corrected chi connectivity index (χ0v) is 13.7. The van der Waals surface area contributed by atoms with Crippen LogP contribution in [0.4, 0.5) is 0 Å². The fourth-order valence-corrected chi connectivity index (χ4v) is 2.40. The molecule has 5 heteroatoms. The molecule has 1 atom stereocenters. The van der Waals surface area contributed by atoms with Gasteiger partial charge in [0.25, 0.3) is 5.91 Å². The number of carbonyl (C=O) groups is 2. The monoisotopic (exact) mass is 326 g/mol. The van der Waals surface area contributed by atoms with E-state index in [0.717, 1.165) is 11.1 Å². The van der Waals surface area contributed by atoms with Crippen LogP contribution in [0.1, 0.15) is 34.0 Å². The Morgan fingerprint density at radius 1 is 1.08 bits per heavy atom. The largest absolute Gasteiger partial charge is 0.388 e. The zero-order chi connectivity index (χ0) is 17.4. The number of benzene rings is 2. The highest BCUT2D eigenvalue weighted by molar-refractivity contribution is 5.94. The van der Waals surface area contributed by atoms with Gasteiger partial charge in [0.15, 0.2) is 0 Å². The van der Waals surface area contributed by atoms with Crippen molar-refractivity contribution in [2.75, 3.05) is 13.6 Å². The standard InChI is InChI=1S/C19H22N2O3/c1-20-19(24)16-9-5-6-14(12-16)10-11-21-18(23)13-17(22)15-7-3-2-4-8-15/h2-9,12,17,22H,10-11,13H2,1H3,(H,20,24)(H,21,23). The fourth-order valence-electron chi connectivity index (χ4n) is 2.40. The van der Waals surface area contributed by atoms with E-state index in [0.29, 0.717) is 18.5 Å². The van der Waals surface area contributed by atoms with Crippen molar-refractivity contribution in [2.45, 2.75) is 18.9 Å². The lowest BCUT2D eigenvalue weighted by Crippen LogP contribution is -2.27. The van der Waals surface area contributed by atoms with E-state index in [4.69, 9.17) is 0 Å². The van der Waals surface area contributed by atoms with Crippen molar-refractivity contribution in [3.05, 3.63) is 71.3 Å². The van der Waals surface area contributed by atoms with Gasteiger partial charge in [-0.05, 0) is 29.7 Å². The molecule has 126 valence electrons. The highest BCUT2D eigenvalue weighted by atomic mass is 16.3. The minimum atomic E-state index is -0.803. The van der Waals surface area contributed by atoms with E-state index in [-0.39, 0.29) is 18.2 Å². The Morgan fingerprint density at radius 2 is 1.83 bits per heavy atom. The molecule has 0 aliphatic rings. The summed E-state index contributed by atoms with van der Waals surface area (Å²) in [5, 5.41) is 15.4. The molecule has 5 nitrogen and oxygen atoms in total. The molecule has 0 radical (unpaired) electrons. The van der Waals surface area contributed by atoms with Crippen LogP contribution in [-0.2, 0) is 11.2 Å². The second-order valence-electron chi connectivity index (χ2n) is 5.51. The molecule has 24 heavy (non-hydrogen) atoms. The average Bonchev–Trinajstić information content (AvgIpc) is 2.62. The van der Waals surface area contributed by atoms with Gasteiger partial charge in [0.1, 0.15) is 0 Å². The normalized spacial score (nSPS) is 11.6. The Balaban J connectivity index is 1.79. The maximum Gasteiger partial charge on any atom is 0.251 e. The van der Waals surface area contributed by atoms with Gasteiger partial charge in [0.2, 0.25) is 5.91 Å². The first kappa shape index (κ1) is 17.7. The highest BCUT2D eigenvalue weighted by Gasteiger charge is 2.12. The molecule has 2 aromatic rings. The maximum absolute atomic E-state index is 11.9. The Bertz CT molecular complexity index is 686. The summed E-state index contributed by atoms with van der Waals surface area (Å²) in [4.78, 5) is 23.5. The van der Waals surface area contributed by atoms with E-state index >= 15 is 0 Å². The van der Waals surface area contributed by atoms with E-state index in [1.54, 1.807) is 25.2 Å². The van der Waals surface area contributed by atoms with Crippen molar-refractivity contribution in [1.29, 1.82) is 0 Å². The second-order valence-corrected chi connectivity index (χ2v) is 5.51. The van der Waals surface area contributed by atoms with Gasteiger partial charge < -0.3 is 15.7 Å². The summed E-state index contributed by atoms with van der Waals surface area (Å²) in [6.07, 6.45) is -0.150. The predicted octanol–water partition coefficient (Wildman–Crippen LogP) is 1.83. The maximum atomic E-state index is 11.9. The van der Waals surface area contributed by atoms with Crippen LogP contribution in [0.2, 0.25) is 0 Å². The minimum Gasteiger partial charge on any atom is -0.388 e. The Kier molecular flexibility index (Phi) is 6.51. The number of hydrogen-bond acceptors (Lipinski definition) is 3. The Morgan fingerprint density at radius 3 is 2.54 bits per heavy atom. The van der Waals surface area contributed by atoms with Crippen molar-refractivity contribution in [3.63, 3.8) is 0 Å². The summed E-state index contributed by atoms with van der Waals surface area (Å²) in [5.74, 6) is -0.333. The van der Waals surface area contributed by atoms with Crippen LogP contribution in [0.3, 0.4) is 0 Å². The van der Waals surface area contributed by atoms with Crippen LogP contribution in [0, 0.1) is 0 Å². The number of rotatable bonds is 7. The van der Waals surface area contributed by atoms with E-state index in [1.165, 1.54) is 0 Å². The average molecular weight is 326 g/mol. The molecule has 0 saturated heterocycles. The van der Waals surface area contributed by atoms with E-state index in [9.17, 15) is 14.7 Å². The molecule has 1 unspecified atom stereocenters. The molecule has 2 amide bonds. The van der Waals surface area contributed by atoms with Crippen LogP contribution < -0.4 is 10.6 Å². The summed E-state index contributed by atoms with van der Waals surface area (Å²) >= 11 is 0. The molecule has 0 bridgehead atoms. The molecular formula is C19H22N2O3. The van der Waals surface area contributed by atoms with Gasteiger partial charge in [0.05, 0.1) is 12.5 Å². The molecule has 2 rings (SSSR count). The molecule has 0 aromatic heterocycles. The van der Waals surface area contributed by atoms with E-state index < -0.39 is 6.10 Å². The fraction of sp³-hybridized carbons (Fsp3) is 0.263. The lowest BCUT2D eigenvalue weighted by Gasteiger charge is -2.11. The van der Waals surface area contributed by atoms with Crippen LogP contribution in [-0.4, -0.2) is 30.5 Å². The van der Waals surface area contributed by atoms with Crippen LogP contribution in [0.15, 0.2) is 54.6 Å². The summed E-state index contributed by atoms with van der Waals surface area (Å²) < 4.78 is 0. The molecule has 0 fully saturated rings. The summed E-state index contributed by atoms with van der Waals surface area (Å²) in [5.41, 5.74) is 2.30. The first-order valence-corrected chi connectivity index (χ1v) is 7.91. The van der Waals surface area contributed by atoms with Gasteiger partial charge in [0, 0.05) is 19.2 Å². The Labute approximate surface area is 141 Å². The van der Waals surface area contributed by atoms with Crippen LogP contribution >= 0.6 is 0 Å². The van der Waals surface area contributed by atoms with Gasteiger partial charge in [-0.2, -0.15) is 0 Å². The van der Waals surface area contributed by atoms with Gasteiger partial charge in [-0.1, -0.05) is 42.5 Å². The first-order valence-electron chi connectivity index (χ1n) is 7.91. The summed E-state index contributed by atoms with van der Waals surface area (Å²) in [7, 11) is 1.59. The molecule has 0 aliphatic heterocycles. The molecular weight excluding hydrogens is 304 g/mol. The third-order valence-corrected chi connectivity index (χ3v) is 3.72. The van der Waals surface area contributed by atoms with E-state index in [1.807, 2.05) is 36.4 Å². The lowest BCUT2D eigenvalue weighted by atomic mass is 10.1. The van der Waals surface area contributed by atoms with Crippen molar-refractivity contribution in [2.24, 2.45) is 0 Å². The molecule has 0 aliphatic carbocycles. The van der Waals surface area contributed by atoms with Gasteiger partial charge >= 0.3 is 0 Å². The topological polar surface area (TPSA) is 78.4 Å². The molecule has 3 N–H and O–H groups in total. The number of hydrogen-bond donors (Lipinski definition) is 3. The Hall–Kier alpha value is -2.66. The third kappa shape index (κ3) is 5.21. The van der Waals surface area contributed by atoms with Gasteiger partial charge in [-0.3, -0.25) is 9.59 Å². The molecule has 0 heterocycles. The first-order chi connectivity index (χ1) is 11.6. The summed E-state index contributed by atoms with van der Waals surface area (Å²) in [6.45, 7) is 0.456. The second kappa shape index (κ2) is 8.84. The molecule has 0 spiro atoms. The minimum absolute atomic E-state index is 0.0301. The number of aliphatic hydroxyl groups excluding tert-OH is 1. The van der Waals surface area contributed by atoms with E-state index in [2.05, 4.69) is 10.6 Å². The lowest BCUT2D eigenvalue weighted by molar-refractivity contribution is -0.123. The zero-order valence-electron chi connectivity index (χ0n) is 13.7. The SMILES string of the molecule is CNC(=O)c1cccc(CCNC(=O)CC(O)c2ccccc2)c1. The number of nitrogens with one attached hydrogen (secondary N) is 2.